The minimum absolute atomic E-state index is 0.0890. The van der Waals surface area contributed by atoms with Gasteiger partial charge in [-0.2, -0.15) is 0 Å². The molecule has 0 aliphatic carbocycles. The third-order valence-corrected chi connectivity index (χ3v) is 3.78. The summed E-state index contributed by atoms with van der Waals surface area (Å²) in [6.45, 7) is 7.09. The Hall–Kier alpha value is -3.22. The smallest absolute Gasteiger partial charge is 0.407 e. The van der Waals surface area contributed by atoms with Crippen molar-refractivity contribution in [3.05, 3.63) is 71.4 Å². The number of amides is 1. The number of carbonyl (C=O) groups excluding carboxylic acids is 1. The summed E-state index contributed by atoms with van der Waals surface area (Å²) < 4.78 is 32.4. The number of nitrogens with zero attached hydrogens (tertiary/aromatic N) is 1. The van der Waals surface area contributed by atoms with E-state index in [1.165, 1.54) is 42.6 Å². The van der Waals surface area contributed by atoms with Crippen molar-refractivity contribution >= 4 is 23.1 Å². The third kappa shape index (κ3) is 7.03. The number of nitrogens with two attached hydrogens (primary N) is 1. The van der Waals surface area contributed by atoms with Gasteiger partial charge in [-0.25, -0.2) is 13.6 Å². The molecule has 5 nitrogen and oxygen atoms in total. The van der Waals surface area contributed by atoms with Crippen molar-refractivity contribution in [2.45, 2.75) is 39.8 Å². The first-order valence-corrected chi connectivity index (χ1v) is 9.07. The summed E-state index contributed by atoms with van der Waals surface area (Å²) in [7, 11) is 0. The van der Waals surface area contributed by atoms with Crippen LogP contribution in [0.2, 0.25) is 0 Å². The van der Waals surface area contributed by atoms with E-state index in [1.54, 1.807) is 33.8 Å². The third-order valence-electron chi connectivity index (χ3n) is 3.78. The van der Waals surface area contributed by atoms with E-state index in [9.17, 15) is 13.6 Å². The summed E-state index contributed by atoms with van der Waals surface area (Å²) in [6.07, 6.45) is 0.745. The van der Waals surface area contributed by atoms with Crippen molar-refractivity contribution in [3.63, 3.8) is 0 Å². The molecule has 0 bridgehead atoms. The Kier molecular flexibility index (Phi) is 7.09. The number of hydrogen-bond donors (Lipinski definition) is 2. The lowest BCUT2D eigenvalue weighted by molar-refractivity contribution is 0.0523. The molecule has 0 saturated heterocycles. The van der Waals surface area contributed by atoms with Crippen LogP contribution in [0.15, 0.2) is 53.7 Å². The highest BCUT2D eigenvalue weighted by Crippen LogP contribution is 2.22. The second-order valence-electron chi connectivity index (χ2n) is 7.46. The molecule has 0 fully saturated rings. The number of alkyl carbamates (subject to hydrolysis) is 1. The van der Waals surface area contributed by atoms with Crippen LogP contribution in [-0.4, -0.2) is 17.4 Å². The molecular formula is C22H25F2N3O2. The minimum Gasteiger partial charge on any atom is -0.444 e. The van der Waals surface area contributed by atoms with Gasteiger partial charge in [0.25, 0.3) is 0 Å². The van der Waals surface area contributed by atoms with E-state index in [1.807, 2.05) is 0 Å². The maximum Gasteiger partial charge on any atom is 0.407 e. The fourth-order valence-corrected chi connectivity index (χ4v) is 2.59. The van der Waals surface area contributed by atoms with Crippen LogP contribution < -0.4 is 11.1 Å². The Morgan fingerprint density at radius 2 is 1.79 bits per heavy atom. The molecule has 2 aromatic carbocycles. The van der Waals surface area contributed by atoms with Gasteiger partial charge in [0.15, 0.2) is 0 Å². The zero-order valence-electron chi connectivity index (χ0n) is 16.9. The molecule has 3 N–H and O–H groups in total. The average molecular weight is 401 g/mol. The summed E-state index contributed by atoms with van der Waals surface area (Å²) in [6, 6.07) is 10.0. The van der Waals surface area contributed by atoms with Crippen LogP contribution in [0.25, 0.3) is 5.57 Å². The molecule has 0 saturated carbocycles. The molecule has 0 unspecified atom stereocenters. The quantitative estimate of drug-likeness (QED) is 0.686. The van der Waals surface area contributed by atoms with Crippen LogP contribution in [0, 0.1) is 11.6 Å². The lowest BCUT2D eigenvalue weighted by Crippen LogP contribution is -2.32. The van der Waals surface area contributed by atoms with E-state index in [4.69, 9.17) is 10.5 Å². The first-order valence-electron chi connectivity index (χ1n) is 9.07. The predicted octanol–water partition coefficient (Wildman–Crippen LogP) is 5.08. The number of nitrogens with one attached hydrogen (secondary N) is 1. The largest absolute Gasteiger partial charge is 0.444 e. The maximum atomic E-state index is 14.2. The summed E-state index contributed by atoms with van der Waals surface area (Å²) in [4.78, 5) is 16.2. The van der Waals surface area contributed by atoms with Crippen LogP contribution >= 0.6 is 0 Å². The van der Waals surface area contributed by atoms with Crippen LogP contribution in [0.3, 0.4) is 0 Å². The number of allylic oxidation sites excluding steroid dienone is 1. The molecule has 0 spiro atoms. The fourth-order valence-electron chi connectivity index (χ4n) is 2.59. The van der Waals surface area contributed by atoms with E-state index < -0.39 is 17.5 Å². The first-order chi connectivity index (χ1) is 13.6. The number of aliphatic imine (C=N–C) groups is 1. The molecule has 2 aromatic rings. The topological polar surface area (TPSA) is 76.7 Å². The van der Waals surface area contributed by atoms with E-state index in [2.05, 4.69) is 10.3 Å². The van der Waals surface area contributed by atoms with Gasteiger partial charge in [0.05, 0.1) is 5.69 Å². The van der Waals surface area contributed by atoms with Gasteiger partial charge >= 0.3 is 6.09 Å². The van der Waals surface area contributed by atoms with Crippen molar-refractivity contribution in [1.29, 1.82) is 0 Å². The zero-order valence-corrected chi connectivity index (χ0v) is 16.9. The van der Waals surface area contributed by atoms with Gasteiger partial charge in [-0.05, 0) is 81.3 Å². The molecule has 0 aliphatic heterocycles. The predicted molar refractivity (Wildman–Crippen MR) is 111 cm³/mol. The zero-order chi connectivity index (χ0) is 21.6. The van der Waals surface area contributed by atoms with Crippen molar-refractivity contribution in [3.8, 4) is 0 Å². The maximum absolute atomic E-state index is 14.2. The van der Waals surface area contributed by atoms with Gasteiger partial charge in [-0.3, -0.25) is 4.99 Å². The van der Waals surface area contributed by atoms with Crippen molar-refractivity contribution < 1.29 is 18.3 Å². The van der Waals surface area contributed by atoms with E-state index in [0.717, 1.165) is 0 Å². The van der Waals surface area contributed by atoms with Gasteiger partial charge in [0, 0.05) is 24.0 Å². The standard InChI is InChI=1S/C22H25F2N3O2/c1-14(27-19-7-5-17(23)6-8-19)20(12-25)16-9-15(10-18(24)11-16)13-26-21(28)29-22(2,3)4/h5-12H,13,25H2,1-4H3,(H,26,28). The van der Waals surface area contributed by atoms with Gasteiger partial charge in [0.1, 0.15) is 17.2 Å². The SMILES string of the molecule is CC(=Nc1ccc(F)cc1)C(=CN)c1cc(F)cc(CNC(=O)OC(C)(C)C)c1. The molecule has 0 radical (unpaired) electrons. The number of rotatable bonds is 5. The van der Waals surface area contributed by atoms with Gasteiger partial charge in [-0.1, -0.05) is 0 Å². The Bertz CT molecular complexity index is 930. The normalized spacial score (nSPS) is 12.6. The highest BCUT2D eigenvalue weighted by Gasteiger charge is 2.16. The molecule has 0 atom stereocenters. The van der Waals surface area contributed by atoms with E-state index in [0.29, 0.717) is 28.1 Å². The van der Waals surface area contributed by atoms with E-state index >= 15 is 0 Å². The number of halogens is 2. The molecule has 0 aliphatic rings. The van der Waals surface area contributed by atoms with Crippen molar-refractivity contribution in [2.24, 2.45) is 10.7 Å². The highest BCUT2D eigenvalue weighted by molar-refractivity contribution is 6.23. The summed E-state index contributed by atoms with van der Waals surface area (Å²) in [5, 5.41) is 2.60. The van der Waals surface area contributed by atoms with Crippen LogP contribution in [0.5, 0.6) is 0 Å². The Morgan fingerprint density at radius 1 is 1.14 bits per heavy atom. The highest BCUT2D eigenvalue weighted by atomic mass is 19.1. The van der Waals surface area contributed by atoms with Crippen molar-refractivity contribution in [1.82, 2.24) is 5.32 Å². The van der Waals surface area contributed by atoms with Crippen LogP contribution in [0.1, 0.15) is 38.8 Å². The van der Waals surface area contributed by atoms with Crippen molar-refractivity contribution in [2.75, 3.05) is 0 Å². The molecule has 0 heterocycles. The lowest BCUT2D eigenvalue weighted by atomic mass is 10.00. The average Bonchev–Trinajstić information content (AvgIpc) is 2.61. The first kappa shape index (κ1) is 22.1. The fraction of sp³-hybridized carbons (Fsp3) is 0.273. The second-order valence-corrected chi connectivity index (χ2v) is 7.46. The van der Waals surface area contributed by atoms with Gasteiger partial charge in [-0.15, -0.1) is 0 Å². The molecule has 7 heteroatoms. The van der Waals surface area contributed by atoms with E-state index in [-0.39, 0.29) is 12.4 Å². The van der Waals surface area contributed by atoms with Gasteiger partial charge < -0.3 is 15.8 Å². The molecule has 2 rings (SSSR count). The Morgan fingerprint density at radius 3 is 2.38 bits per heavy atom. The van der Waals surface area contributed by atoms with Crippen LogP contribution in [0.4, 0.5) is 19.3 Å². The summed E-state index contributed by atoms with van der Waals surface area (Å²) in [5.41, 5.74) is 7.79. The Balaban J connectivity index is 2.22. The van der Waals surface area contributed by atoms with Crippen LogP contribution in [-0.2, 0) is 11.3 Å². The monoisotopic (exact) mass is 401 g/mol. The number of hydrogen-bond acceptors (Lipinski definition) is 4. The molecule has 154 valence electrons. The number of carbonyl (C=O) groups is 1. The number of ether oxygens (including phenoxy) is 1. The van der Waals surface area contributed by atoms with Gasteiger partial charge in [0.2, 0.25) is 0 Å². The number of benzene rings is 2. The minimum atomic E-state index is -0.624. The second kappa shape index (κ2) is 9.32. The molecule has 29 heavy (non-hydrogen) atoms. The summed E-state index contributed by atoms with van der Waals surface area (Å²) in [5.74, 6) is -0.833. The lowest BCUT2D eigenvalue weighted by Gasteiger charge is -2.19. The Labute approximate surface area is 169 Å². The summed E-state index contributed by atoms with van der Waals surface area (Å²) >= 11 is 0. The molecule has 0 aromatic heterocycles. The molecule has 1 amide bonds. The molecular weight excluding hydrogens is 376 g/mol.